The van der Waals surface area contributed by atoms with E-state index in [-0.39, 0.29) is 6.17 Å². The van der Waals surface area contributed by atoms with E-state index in [9.17, 15) is 0 Å². The van der Waals surface area contributed by atoms with Gasteiger partial charge in [0.1, 0.15) is 6.17 Å². The van der Waals surface area contributed by atoms with Crippen LogP contribution >= 0.6 is 0 Å². The van der Waals surface area contributed by atoms with Gasteiger partial charge in [-0.05, 0) is 103 Å². The van der Waals surface area contributed by atoms with Crippen molar-refractivity contribution in [1.29, 1.82) is 0 Å². The van der Waals surface area contributed by atoms with Crippen molar-refractivity contribution in [3.63, 3.8) is 0 Å². The van der Waals surface area contributed by atoms with Gasteiger partial charge in [-0.2, -0.15) is 0 Å². The molecule has 0 radical (unpaired) electrons. The van der Waals surface area contributed by atoms with Crippen LogP contribution in [0.25, 0.3) is 95.5 Å². The molecule has 73 heavy (non-hydrogen) atoms. The van der Waals surface area contributed by atoms with E-state index in [0.29, 0.717) is 23.9 Å². The Kier molecular flexibility index (Phi) is 12.5. The molecular weight excluding hydrogens is 887 g/mol. The summed E-state index contributed by atoms with van der Waals surface area (Å²) in [5.74, 6) is 1.91. The molecule has 0 saturated carbocycles. The first-order valence-corrected chi connectivity index (χ1v) is 24.8. The van der Waals surface area contributed by atoms with Crippen molar-refractivity contribution >= 4 is 11.4 Å². The van der Waals surface area contributed by atoms with Crippen LogP contribution in [0.5, 0.6) is 0 Å². The zero-order valence-electron chi connectivity index (χ0n) is 40.1. The Morgan fingerprint density at radius 3 is 1.04 bits per heavy atom. The molecule has 0 spiro atoms. The molecule has 0 amide bonds. The van der Waals surface area contributed by atoms with Crippen LogP contribution in [0.4, 0.5) is 0 Å². The van der Waals surface area contributed by atoms with E-state index >= 15 is 0 Å². The Morgan fingerprint density at radius 1 is 0.274 bits per heavy atom. The van der Waals surface area contributed by atoms with Crippen LogP contribution in [0.1, 0.15) is 29.3 Å². The van der Waals surface area contributed by atoms with Gasteiger partial charge in [-0.15, -0.1) is 0 Å². The average Bonchev–Trinajstić information content (AvgIpc) is 3.72. The van der Waals surface area contributed by atoms with Crippen LogP contribution in [0.15, 0.2) is 278 Å². The molecule has 10 aromatic carbocycles. The Balaban J connectivity index is 0.832. The van der Waals surface area contributed by atoms with E-state index in [0.717, 1.165) is 78.2 Å². The monoisotopic (exact) mass is 935 g/mol. The van der Waals surface area contributed by atoms with E-state index in [1.807, 2.05) is 60.7 Å². The van der Waals surface area contributed by atoms with Crippen molar-refractivity contribution in [3.8, 4) is 89.8 Å². The molecule has 5 nitrogen and oxygen atoms in total. The maximum absolute atomic E-state index is 5.49. The van der Waals surface area contributed by atoms with Gasteiger partial charge in [-0.25, -0.2) is 15.0 Å². The van der Waals surface area contributed by atoms with Gasteiger partial charge in [0.15, 0.2) is 17.5 Å². The maximum atomic E-state index is 5.49. The topological polar surface area (TPSA) is 63.1 Å². The minimum Gasteiger partial charge on any atom is -0.360 e. The Morgan fingerprint density at radius 2 is 0.589 bits per heavy atom. The third-order valence-electron chi connectivity index (χ3n) is 13.4. The number of hydrogen-bond donors (Lipinski definition) is 1. The number of allylic oxidation sites excluding steroid dienone is 1. The van der Waals surface area contributed by atoms with Crippen LogP contribution in [-0.4, -0.2) is 20.7 Å². The van der Waals surface area contributed by atoms with E-state index in [1.54, 1.807) is 0 Å². The number of rotatable bonds is 11. The molecule has 0 aliphatic carbocycles. The highest BCUT2D eigenvalue weighted by Crippen LogP contribution is 2.35. The molecule has 1 aliphatic rings. The van der Waals surface area contributed by atoms with E-state index in [2.05, 4.69) is 218 Å². The highest BCUT2D eigenvalue weighted by atomic mass is 15.1. The summed E-state index contributed by atoms with van der Waals surface area (Å²) in [7, 11) is 0. The summed E-state index contributed by atoms with van der Waals surface area (Å²) in [4.78, 5) is 20.4. The van der Waals surface area contributed by atoms with E-state index in [1.165, 1.54) is 22.3 Å². The first-order chi connectivity index (χ1) is 36.1. The molecule has 1 atom stereocenters. The van der Waals surface area contributed by atoms with Crippen LogP contribution in [0.3, 0.4) is 0 Å². The van der Waals surface area contributed by atoms with Crippen LogP contribution in [0, 0.1) is 0 Å². The lowest BCUT2D eigenvalue weighted by molar-refractivity contribution is 0.673. The van der Waals surface area contributed by atoms with Gasteiger partial charge in [-0.3, -0.25) is 4.99 Å². The fourth-order valence-corrected chi connectivity index (χ4v) is 9.59. The normalized spacial score (nSPS) is 13.3. The second-order valence-corrected chi connectivity index (χ2v) is 18.2. The van der Waals surface area contributed by atoms with Gasteiger partial charge in [-0.1, -0.05) is 243 Å². The minimum atomic E-state index is -0.288. The summed E-state index contributed by atoms with van der Waals surface area (Å²) in [6.07, 6.45) is 2.68. The maximum Gasteiger partial charge on any atom is 0.164 e. The molecule has 0 bridgehead atoms. The Hall–Kier alpha value is -9.58. The molecule has 12 rings (SSSR count). The molecular formula is C68H49N5. The van der Waals surface area contributed by atoms with Crippen LogP contribution < -0.4 is 5.32 Å². The molecule has 0 fully saturated rings. The zero-order chi connectivity index (χ0) is 48.8. The number of nitrogens with zero attached hydrogens (tertiary/aromatic N) is 4. The molecule has 346 valence electrons. The molecule has 1 N–H and O–H groups in total. The third kappa shape index (κ3) is 9.94. The molecule has 0 saturated heterocycles. The first-order valence-electron chi connectivity index (χ1n) is 24.8. The summed E-state index contributed by atoms with van der Waals surface area (Å²) >= 11 is 0. The fourth-order valence-electron chi connectivity index (χ4n) is 9.59. The van der Waals surface area contributed by atoms with Gasteiger partial charge in [0, 0.05) is 34.5 Å². The standard InChI is InChI=1S/C68H49N5/c1-5-18-47(19-6-1)53-26-13-27-54(42-53)48-36-38-52(39-37-48)65-69-63(49-20-7-2-8-21-49)40-41-64(70-65)61-34-16-32-59(45-61)57-30-14-28-55(43-57)56-29-15-31-58(44-56)60-33-17-35-62(46-60)68-72-66(50-22-9-3-10-23-50)71-67(73-68)51-24-11-4-12-25-51/h1-40,42-46,65,69H,41H2. The molecule has 1 unspecified atom stereocenters. The van der Waals surface area contributed by atoms with Crippen molar-refractivity contribution in [2.24, 2.45) is 4.99 Å². The van der Waals surface area contributed by atoms with Crippen molar-refractivity contribution in [3.05, 3.63) is 290 Å². The van der Waals surface area contributed by atoms with Crippen molar-refractivity contribution in [2.75, 3.05) is 0 Å². The molecule has 5 heteroatoms. The lowest BCUT2D eigenvalue weighted by atomic mass is 9.94. The van der Waals surface area contributed by atoms with Gasteiger partial charge in [0.25, 0.3) is 0 Å². The van der Waals surface area contributed by atoms with Crippen molar-refractivity contribution < 1.29 is 0 Å². The first kappa shape index (κ1) is 44.6. The number of aromatic nitrogens is 3. The number of aliphatic imine (C=N–C) groups is 1. The van der Waals surface area contributed by atoms with E-state index < -0.39 is 0 Å². The summed E-state index contributed by atoms with van der Waals surface area (Å²) in [6.45, 7) is 0. The molecule has 1 aromatic heterocycles. The Bertz CT molecular complexity index is 3720. The highest BCUT2D eigenvalue weighted by molar-refractivity contribution is 6.03. The molecule has 2 heterocycles. The highest BCUT2D eigenvalue weighted by Gasteiger charge is 2.20. The third-order valence-corrected chi connectivity index (χ3v) is 13.4. The summed E-state index contributed by atoms with van der Waals surface area (Å²) in [5, 5.41) is 3.82. The predicted molar refractivity (Wildman–Crippen MR) is 301 cm³/mol. The van der Waals surface area contributed by atoms with Gasteiger partial charge in [0.2, 0.25) is 0 Å². The second kappa shape index (κ2) is 20.4. The quantitative estimate of drug-likeness (QED) is 0.140. The second-order valence-electron chi connectivity index (χ2n) is 18.2. The number of nitrogens with one attached hydrogen (secondary N) is 1. The van der Waals surface area contributed by atoms with Crippen molar-refractivity contribution in [2.45, 2.75) is 12.6 Å². The van der Waals surface area contributed by atoms with Gasteiger partial charge < -0.3 is 5.32 Å². The smallest absolute Gasteiger partial charge is 0.164 e. The number of benzene rings is 10. The lowest BCUT2D eigenvalue weighted by Gasteiger charge is -2.19. The summed E-state index contributed by atoms with van der Waals surface area (Å²) in [6, 6.07) is 93.8. The van der Waals surface area contributed by atoms with E-state index in [4.69, 9.17) is 19.9 Å². The predicted octanol–water partition coefficient (Wildman–Crippen LogP) is 16.7. The fraction of sp³-hybridized carbons (Fsp3) is 0.0294. The number of hydrogen-bond acceptors (Lipinski definition) is 5. The minimum absolute atomic E-state index is 0.288. The summed E-state index contributed by atoms with van der Waals surface area (Å²) < 4.78 is 0. The lowest BCUT2D eigenvalue weighted by Crippen LogP contribution is -2.18. The largest absolute Gasteiger partial charge is 0.360 e. The zero-order valence-corrected chi connectivity index (χ0v) is 40.1. The SMILES string of the molecule is C1=C(c2ccccc2)NC(c2ccc(-c3cccc(-c4ccccc4)c3)cc2)N=C(c2cccc(-c3cccc(-c4cccc(-c5cccc(-c6nc(-c7ccccc7)nc(-c7ccccc7)n6)c5)c4)c3)c2)C1. The van der Waals surface area contributed by atoms with Crippen LogP contribution in [0.2, 0.25) is 0 Å². The Labute approximate surface area is 426 Å². The van der Waals surface area contributed by atoms with Crippen LogP contribution in [-0.2, 0) is 0 Å². The van der Waals surface area contributed by atoms with Crippen molar-refractivity contribution in [1.82, 2.24) is 20.3 Å². The summed E-state index contributed by atoms with van der Waals surface area (Å²) in [5.41, 5.74) is 19.7. The average molecular weight is 936 g/mol. The van der Waals surface area contributed by atoms with Gasteiger partial charge >= 0.3 is 0 Å². The molecule has 1 aliphatic heterocycles. The van der Waals surface area contributed by atoms with Gasteiger partial charge in [0.05, 0.1) is 0 Å². The molecule has 11 aromatic rings.